The fraction of sp³-hybridized carbons (Fsp3) is 0.308. The second-order valence-electron chi connectivity index (χ2n) is 4.31. The summed E-state index contributed by atoms with van der Waals surface area (Å²) in [5.74, 6) is -2.40. The summed E-state index contributed by atoms with van der Waals surface area (Å²) in [7, 11) is 0. The maximum absolute atomic E-state index is 12.0. The van der Waals surface area contributed by atoms with E-state index >= 15 is 0 Å². The first kappa shape index (κ1) is 15.0. The van der Waals surface area contributed by atoms with E-state index in [0.29, 0.717) is 6.29 Å². The van der Waals surface area contributed by atoms with Gasteiger partial charge in [0.2, 0.25) is 0 Å². The normalized spacial score (nSPS) is 15.3. The van der Waals surface area contributed by atoms with E-state index in [2.05, 4.69) is 0 Å². The smallest absolute Gasteiger partial charge is 0.331 e. The van der Waals surface area contributed by atoms with E-state index in [9.17, 15) is 14.4 Å². The predicted octanol–water partition coefficient (Wildman–Crippen LogP) is -0.503. The first-order chi connectivity index (χ1) is 8.91. The maximum atomic E-state index is 12.0. The van der Waals surface area contributed by atoms with Crippen molar-refractivity contribution in [1.82, 2.24) is 0 Å². The lowest BCUT2D eigenvalue weighted by molar-refractivity contribution is -0.150. The molecular formula is C13H16N2O4. The van der Waals surface area contributed by atoms with E-state index in [0.717, 1.165) is 5.56 Å². The van der Waals surface area contributed by atoms with Gasteiger partial charge in [-0.25, -0.2) is 4.79 Å². The number of nitrogens with two attached hydrogens (primary N) is 2. The molecule has 0 saturated carbocycles. The first-order valence-corrected chi connectivity index (χ1v) is 5.71. The Bertz CT molecular complexity index is 475. The van der Waals surface area contributed by atoms with Crippen LogP contribution >= 0.6 is 0 Å². The minimum atomic E-state index is -2.25. The van der Waals surface area contributed by atoms with Crippen LogP contribution in [0.3, 0.4) is 0 Å². The van der Waals surface area contributed by atoms with Gasteiger partial charge in [0, 0.05) is 6.42 Å². The zero-order valence-electron chi connectivity index (χ0n) is 10.3. The Balaban J connectivity index is 2.86. The van der Waals surface area contributed by atoms with Gasteiger partial charge >= 0.3 is 5.97 Å². The van der Waals surface area contributed by atoms with Crippen molar-refractivity contribution in [2.24, 2.45) is 11.5 Å². The van der Waals surface area contributed by atoms with Gasteiger partial charge in [-0.3, -0.25) is 4.79 Å². The van der Waals surface area contributed by atoms with Crippen LogP contribution in [0.4, 0.5) is 0 Å². The summed E-state index contributed by atoms with van der Waals surface area (Å²) >= 11 is 0. The van der Waals surface area contributed by atoms with Gasteiger partial charge in [-0.2, -0.15) is 0 Å². The minimum absolute atomic E-state index is 0.171. The monoisotopic (exact) mass is 264 g/mol. The van der Waals surface area contributed by atoms with Crippen LogP contribution in [-0.4, -0.2) is 34.7 Å². The number of Topliss-reactive ketones (excluding diaryl/α,β-unsaturated/α-hetero) is 1. The number of rotatable bonds is 7. The van der Waals surface area contributed by atoms with Crippen LogP contribution < -0.4 is 11.5 Å². The Morgan fingerprint density at radius 2 is 1.89 bits per heavy atom. The average molecular weight is 264 g/mol. The highest BCUT2D eigenvalue weighted by atomic mass is 16.4. The topological polar surface area (TPSA) is 123 Å². The molecule has 0 fully saturated rings. The molecule has 0 aliphatic rings. The van der Waals surface area contributed by atoms with Crippen molar-refractivity contribution < 1.29 is 19.5 Å². The molecule has 0 aliphatic carbocycles. The minimum Gasteiger partial charge on any atom is -0.480 e. The highest BCUT2D eigenvalue weighted by Gasteiger charge is 2.44. The van der Waals surface area contributed by atoms with Crippen molar-refractivity contribution >= 4 is 18.0 Å². The van der Waals surface area contributed by atoms with Gasteiger partial charge in [0.25, 0.3) is 0 Å². The molecule has 0 heterocycles. The molecule has 0 saturated heterocycles. The fourth-order valence-corrected chi connectivity index (χ4v) is 1.72. The molecule has 0 aliphatic heterocycles. The van der Waals surface area contributed by atoms with Crippen molar-refractivity contribution in [3.8, 4) is 0 Å². The maximum Gasteiger partial charge on any atom is 0.331 e. The van der Waals surface area contributed by atoms with Gasteiger partial charge in [0.05, 0.1) is 6.04 Å². The molecule has 0 spiro atoms. The molecule has 0 radical (unpaired) electrons. The molecule has 5 N–H and O–H groups in total. The molecule has 19 heavy (non-hydrogen) atoms. The Morgan fingerprint density at radius 3 is 2.37 bits per heavy atom. The van der Waals surface area contributed by atoms with Gasteiger partial charge in [0.1, 0.15) is 6.29 Å². The highest BCUT2D eigenvalue weighted by Crippen LogP contribution is 2.12. The summed E-state index contributed by atoms with van der Waals surface area (Å²) < 4.78 is 0. The molecule has 0 bridgehead atoms. The number of benzene rings is 1. The van der Waals surface area contributed by atoms with Gasteiger partial charge in [-0.15, -0.1) is 0 Å². The van der Waals surface area contributed by atoms with E-state index in [4.69, 9.17) is 16.6 Å². The quantitative estimate of drug-likeness (QED) is 0.450. The molecule has 1 rings (SSSR count). The molecule has 0 aromatic heterocycles. The molecule has 102 valence electrons. The summed E-state index contributed by atoms with van der Waals surface area (Å²) in [6.45, 7) is 0. The first-order valence-electron chi connectivity index (χ1n) is 5.71. The van der Waals surface area contributed by atoms with E-state index in [1.54, 1.807) is 24.3 Å². The van der Waals surface area contributed by atoms with Crippen LogP contribution in [0.15, 0.2) is 30.3 Å². The third kappa shape index (κ3) is 3.46. The number of carbonyl (C=O) groups is 3. The van der Waals surface area contributed by atoms with Crippen molar-refractivity contribution in [2.45, 2.75) is 24.4 Å². The number of ketones is 1. The van der Waals surface area contributed by atoms with Crippen LogP contribution in [0.25, 0.3) is 0 Å². The van der Waals surface area contributed by atoms with Crippen molar-refractivity contribution in [3.05, 3.63) is 35.9 Å². The molecular weight excluding hydrogens is 248 g/mol. The Morgan fingerprint density at radius 1 is 1.32 bits per heavy atom. The number of carboxylic acid groups (broad SMARTS) is 1. The third-order valence-electron chi connectivity index (χ3n) is 2.86. The summed E-state index contributed by atoms with van der Waals surface area (Å²) in [5.41, 5.74) is 9.72. The fourth-order valence-electron chi connectivity index (χ4n) is 1.72. The number of carbonyl (C=O) groups excluding carboxylic acids is 2. The number of aliphatic carboxylic acids is 1. The van der Waals surface area contributed by atoms with Gasteiger partial charge < -0.3 is 21.4 Å². The van der Waals surface area contributed by atoms with Crippen LogP contribution in [0, 0.1) is 0 Å². The standard InChI is InChI=1S/C13H16N2O4/c14-10(8-9-4-2-1-3-5-9)11(17)13(15,6-7-16)12(18)19/h1-5,7,10H,6,8,14-15H2,(H,18,19)/t10-,13-/m0/s1. The number of hydrogen-bond donors (Lipinski definition) is 3. The van der Waals surface area contributed by atoms with Crippen LogP contribution in [-0.2, 0) is 20.8 Å². The Kier molecular flexibility index (Phi) is 4.91. The Hall–Kier alpha value is -2.05. The summed E-state index contributed by atoms with van der Waals surface area (Å²) in [4.78, 5) is 33.5. The number of aldehydes is 1. The lowest BCUT2D eigenvalue weighted by atomic mass is 9.86. The summed E-state index contributed by atoms with van der Waals surface area (Å²) in [5, 5.41) is 8.99. The second-order valence-corrected chi connectivity index (χ2v) is 4.31. The van der Waals surface area contributed by atoms with Crippen LogP contribution in [0.5, 0.6) is 0 Å². The van der Waals surface area contributed by atoms with E-state index in [1.165, 1.54) is 0 Å². The van der Waals surface area contributed by atoms with Gasteiger partial charge in [-0.05, 0) is 12.0 Å². The molecule has 1 aromatic rings. The number of carboxylic acids is 1. The zero-order valence-corrected chi connectivity index (χ0v) is 10.3. The van der Waals surface area contributed by atoms with Gasteiger partial charge in [0.15, 0.2) is 11.3 Å². The molecule has 0 amide bonds. The summed E-state index contributed by atoms with van der Waals surface area (Å²) in [6, 6.07) is 7.85. The molecule has 1 aromatic carbocycles. The lowest BCUT2D eigenvalue weighted by Gasteiger charge is -2.24. The van der Waals surface area contributed by atoms with Crippen molar-refractivity contribution in [2.75, 3.05) is 0 Å². The second kappa shape index (κ2) is 6.21. The summed E-state index contributed by atoms with van der Waals surface area (Å²) in [6.07, 6.45) is -0.115. The predicted molar refractivity (Wildman–Crippen MR) is 68.4 cm³/mol. The molecule has 6 heteroatoms. The molecule has 0 unspecified atom stereocenters. The largest absolute Gasteiger partial charge is 0.480 e. The Labute approximate surface area is 110 Å². The third-order valence-corrected chi connectivity index (χ3v) is 2.86. The van der Waals surface area contributed by atoms with Crippen LogP contribution in [0.2, 0.25) is 0 Å². The lowest BCUT2D eigenvalue weighted by Crippen LogP contribution is -2.60. The zero-order chi connectivity index (χ0) is 14.5. The van der Waals surface area contributed by atoms with E-state index in [-0.39, 0.29) is 6.42 Å². The molecule has 6 nitrogen and oxygen atoms in total. The average Bonchev–Trinajstić information content (AvgIpc) is 2.38. The number of hydrogen-bond acceptors (Lipinski definition) is 5. The highest BCUT2D eigenvalue weighted by molar-refractivity contribution is 6.11. The van der Waals surface area contributed by atoms with Crippen molar-refractivity contribution in [3.63, 3.8) is 0 Å². The molecule has 2 atom stereocenters. The van der Waals surface area contributed by atoms with Crippen molar-refractivity contribution in [1.29, 1.82) is 0 Å². The SMILES string of the molecule is N[C@@H](Cc1ccccc1)C(=O)[C@@](N)(CC=O)C(=O)O. The van der Waals surface area contributed by atoms with E-state index < -0.39 is 29.8 Å². The van der Waals surface area contributed by atoms with E-state index in [1.807, 2.05) is 6.07 Å². The van der Waals surface area contributed by atoms with Crippen LogP contribution in [0.1, 0.15) is 12.0 Å². The van der Waals surface area contributed by atoms with Gasteiger partial charge in [-0.1, -0.05) is 30.3 Å².